The van der Waals surface area contributed by atoms with Gasteiger partial charge in [0.25, 0.3) is 0 Å². The lowest BCUT2D eigenvalue weighted by atomic mass is 9.97. The number of hydrogen-bond acceptors (Lipinski definition) is 6. The van der Waals surface area contributed by atoms with E-state index in [0.717, 1.165) is 37.4 Å². The van der Waals surface area contributed by atoms with Crippen molar-refractivity contribution in [2.24, 2.45) is 21.9 Å². The molecular formula is C14H32N6. The van der Waals surface area contributed by atoms with Gasteiger partial charge >= 0.3 is 0 Å². The van der Waals surface area contributed by atoms with Gasteiger partial charge in [0.05, 0.1) is 0 Å². The fourth-order valence-corrected chi connectivity index (χ4v) is 2.30. The van der Waals surface area contributed by atoms with Gasteiger partial charge in [0.1, 0.15) is 0 Å². The molecule has 0 aromatic rings. The van der Waals surface area contributed by atoms with Gasteiger partial charge in [-0.05, 0) is 41.5 Å². The average molecular weight is 284 g/mol. The summed E-state index contributed by atoms with van der Waals surface area (Å²) in [6.07, 6.45) is 1.68. The summed E-state index contributed by atoms with van der Waals surface area (Å²) in [7, 11) is 0. The van der Waals surface area contributed by atoms with Gasteiger partial charge in [-0.25, -0.2) is 0 Å². The summed E-state index contributed by atoms with van der Waals surface area (Å²) >= 11 is 0. The molecule has 0 aliphatic rings. The summed E-state index contributed by atoms with van der Waals surface area (Å²) in [5.74, 6) is 10.6. The van der Waals surface area contributed by atoms with Crippen molar-refractivity contribution < 1.29 is 0 Å². The molecule has 0 spiro atoms. The second kappa shape index (κ2) is 8.21. The highest BCUT2D eigenvalue weighted by atomic mass is 15.1. The van der Waals surface area contributed by atoms with Gasteiger partial charge in [-0.2, -0.15) is 10.2 Å². The molecule has 0 radical (unpaired) electrons. The third-order valence-corrected chi connectivity index (χ3v) is 3.17. The van der Waals surface area contributed by atoms with Gasteiger partial charge < -0.3 is 22.3 Å². The van der Waals surface area contributed by atoms with E-state index in [0.29, 0.717) is 0 Å². The number of nitrogens with two attached hydrogens (primary N) is 2. The molecule has 0 fully saturated rings. The third-order valence-electron chi connectivity index (χ3n) is 3.17. The molecular weight excluding hydrogens is 252 g/mol. The molecule has 0 rings (SSSR count). The Kier molecular flexibility index (Phi) is 7.75. The highest BCUT2D eigenvalue weighted by Crippen LogP contribution is 2.10. The monoisotopic (exact) mass is 284 g/mol. The zero-order valence-electron chi connectivity index (χ0n) is 13.9. The maximum absolute atomic E-state index is 5.28. The molecule has 0 aliphatic carbocycles. The van der Waals surface area contributed by atoms with E-state index in [-0.39, 0.29) is 11.1 Å². The summed E-state index contributed by atoms with van der Waals surface area (Å²) in [6.45, 7) is 14.3. The fraction of sp³-hybridized carbons (Fsp3) is 0.857. The lowest BCUT2D eigenvalue weighted by Gasteiger charge is -2.29. The zero-order valence-corrected chi connectivity index (χ0v) is 13.9. The van der Waals surface area contributed by atoms with Crippen LogP contribution in [0.1, 0.15) is 54.4 Å². The van der Waals surface area contributed by atoms with Gasteiger partial charge in [0.15, 0.2) is 0 Å². The number of nitrogens with zero attached hydrogens (tertiary/aromatic N) is 2. The van der Waals surface area contributed by atoms with E-state index in [1.807, 2.05) is 13.8 Å². The van der Waals surface area contributed by atoms with E-state index in [1.54, 1.807) is 0 Å². The molecule has 0 aliphatic heterocycles. The maximum atomic E-state index is 5.28. The van der Waals surface area contributed by atoms with Crippen molar-refractivity contribution in [3.05, 3.63) is 0 Å². The van der Waals surface area contributed by atoms with Crippen LogP contribution >= 0.6 is 0 Å². The van der Waals surface area contributed by atoms with Crippen LogP contribution in [0.3, 0.4) is 0 Å². The highest BCUT2D eigenvalue weighted by Gasteiger charge is 2.20. The van der Waals surface area contributed by atoms with Crippen molar-refractivity contribution in [3.63, 3.8) is 0 Å². The van der Waals surface area contributed by atoms with Crippen LogP contribution in [0.4, 0.5) is 0 Å². The first-order valence-corrected chi connectivity index (χ1v) is 7.08. The summed E-state index contributed by atoms with van der Waals surface area (Å²) < 4.78 is 0. The second-order valence-electron chi connectivity index (χ2n) is 6.70. The van der Waals surface area contributed by atoms with Gasteiger partial charge in [-0.1, -0.05) is 0 Å². The first kappa shape index (κ1) is 18.9. The van der Waals surface area contributed by atoms with Crippen LogP contribution in [0.15, 0.2) is 10.2 Å². The van der Waals surface area contributed by atoms with Crippen molar-refractivity contribution in [1.29, 1.82) is 0 Å². The van der Waals surface area contributed by atoms with Crippen molar-refractivity contribution in [1.82, 2.24) is 10.6 Å². The summed E-state index contributed by atoms with van der Waals surface area (Å²) in [5, 5.41) is 14.5. The Morgan fingerprint density at radius 1 is 0.800 bits per heavy atom. The lowest BCUT2D eigenvalue weighted by Crippen LogP contribution is -2.48. The van der Waals surface area contributed by atoms with Crippen LogP contribution in [-0.2, 0) is 0 Å². The van der Waals surface area contributed by atoms with E-state index in [4.69, 9.17) is 11.7 Å². The van der Waals surface area contributed by atoms with Crippen LogP contribution < -0.4 is 22.3 Å². The minimum Gasteiger partial charge on any atom is -0.323 e. The Bertz CT molecular complexity index is 310. The van der Waals surface area contributed by atoms with Gasteiger partial charge in [0.2, 0.25) is 0 Å². The molecule has 6 N–H and O–H groups in total. The number of hydrogen-bond donors (Lipinski definition) is 4. The molecule has 118 valence electrons. The summed E-state index contributed by atoms with van der Waals surface area (Å²) in [4.78, 5) is 0. The molecule has 20 heavy (non-hydrogen) atoms. The Morgan fingerprint density at radius 2 is 1.10 bits per heavy atom. The highest BCUT2D eigenvalue weighted by molar-refractivity contribution is 5.82. The quantitative estimate of drug-likeness (QED) is 0.221. The second-order valence-corrected chi connectivity index (χ2v) is 6.70. The smallest absolute Gasteiger partial charge is 0.0363 e. The first-order valence-electron chi connectivity index (χ1n) is 7.08. The zero-order chi connectivity index (χ0) is 15.8. The van der Waals surface area contributed by atoms with E-state index >= 15 is 0 Å². The van der Waals surface area contributed by atoms with E-state index < -0.39 is 0 Å². The van der Waals surface area contributed by atoms with E-state index in [2.05, 4.69) is 48.5 Å². The Balaban J connectivity index is 4.07. The predicted octanol–water partition coefficient (Wildman–Crippen LogP) is 1.17. The maximum Gasteiger partial charge on any atom is 0.0363 e. The van der Waals surface area contributed by atoms with Gasteiger partial charge in [-0.3, -0.25) is 0 Å². The number of rotatable bonds is 9. The van der Waals surface area contributed by atoms with E-state index in [9.17, 15) is 0 Å². The normalized spacial score (nSPS) is 14.7. The number of hydrazone groups is 2. The Hall–Kier alpha value is -1.14. The Labute approximate surface area is 123 Å². The summed E-state index contributed by atoms with van der Waals surface area (Å²) in [6, 6.07) is 0. The molecule has 0 aromatic carbocycles. The molecule has 0 aromatic heterocycles. The van der Waals surface area contributed by atoms with E-state index in [1.165, 1.54) is 0 Å². The molecule has 6 nitrogen and oxygen atoms in total. The molecule has 0 atom stereocenters. The molecule has 0 bridgehead atoms. The third kappa shape index (κ3) is 8.87. The van der Waals surface area contributed by atoms with Crippen molar-refractivity contribution in [2.75, 3.05) is 13.1 Å². The largest absolute Gasteiger partial charge is 0.323 e. The van der Waals surface area contributed by atoms with Crippen molar-refractivity contribution >= 4 is 11.4 Å². The van der Waals surface area contributed by atoms with Crippen molar-refractivity contribution in [2.45, 2.75) is 65.5 Å². The minimum atomic E-state index is -0.00654. The van der Waals surface area contributed by atoms with Crippen LogP contribution in [0.25, 0.3) is 0 Å². The van der Waals surface area contributed by atoms with Crippen LogP contribution in [0, 0.1) is 0 Å². The van der Waals surface area contributed by atoms with Crippen LogP contribution in [-0.4, -0.2) is 35.6 Å². The standard InChI is InChI=1S/C14H32N6/c1-11(19-15)9-13(3,4)17-7-8-18-14(5,6)10-12(2)20-16/h17-18H,7-10,15-16H2,1-6H3. The van der Waals surface area contributed by atoms with Gasteiger partial charge in [0, 0.05) is 48.4 Å². The SMILES string of the molecule is CC(CC(C)(C)NCCNC(C)(C)CC(C)=NN)=NN. The fourth-order valence-electron chi connectivity index (χ4n) is 2.30. The Morgan fingerprint density at radius 3 is 1.35 bits per heavy atom. The minimum absolute atomic E-state index is 0.00654. The average Bonchev–Trinajstić information content (AvgIpc) is 2.33. The van der Waals surface area contributed by atoms with Gasteiger partial charge in [-0.15, -0.1) is 0 Å². The first-order chi connectivity index (χ1) is 9.12. The predicted molar refractivity (Wildman–Crippen MR) is 88.0 cm³/mol. The molecule has 0 heterocycles. The molecule has 0 saturated heterocycles. The molecule has 6 heteroatoms. The van der Waals surface area contributed by atoms with Crippen molar-refractivity contribution in [3.8, 4) is 0 Å². The number of nitrogens with one attached hydrogen (secondary N) is 2. The van der Waals surface area contributed by atoms with Crippen LogP contribution in [0.2, 0.25) is 0 Å². The molecule has 0 unspecified atom stereocenters. The topological polar surface area (TPSA) is 101 Å². The van der Waals surface area contributed by atoms with Crippen LogP contribution in [0.5, 0.6) is 0 Å². The lowest BCUT2D eigenvalue weighted by molar-refractivity contribution is 0.359. The molecule has 0 amide bonds. The molecule has 0 saturated carbocycles. The summed E-state index contributed by atoms with van der Waals surface area (Å²) in [5.41, 5.74) is 1.89.